The molecule has 1 saturated carbocycles. The van der Waals surface area contributed by atoms with Crippen molar-refractivity contribution in [3.05, 3.63) is 107 Å². The molecule has 0 aromatic heterocycles. The first-order valence-corrected chi connectivity index (χ1v) is 11.7. The van der Waals surface area contributed by atoms with E-state index >= 15 is 0 Å². The van der Waals surface area contributed by atoms with Gasteiger partial charge in [-0.1, -0.05) is 60.7 Å². The second-order valence-corrected chi connectivity index (χ2v) is 9.46. The van der Waals surface area contributed by atoms with E-state index in [1.165, 1.54) is 0 Å². The number of fused-ring (bicyclic) bond motifs is 4. The second kappa shape index (κ2) is 8.79. The Hall–Kier alpha value is -3.91. The smallest absolute Gasteiger partial charge is 0.254 e. The van der Waals surface area contributed by atoms with Crippen molar-refractivity contribution in [1.29, 1.82) is 5.26 Å². The van der Waals surface area contributed by atoms with Gasteiger partial charge in [-0.3, -0.25) is 9.59 Å². The molecule has 2 bridgehead atoms. The normalized spacial score (nSPS) is 25.6. The van der Waals surface area contributed by atoms with Gasteiger partial charge >= 0.3 is 0 Å². The predicted molar refractivity (Wildman–Crippen MR) is 130 cm³/mol. The second-order valence-electron chi connectivity index (χ2n) is 9.46. The van der Waals surface area contributed by atoms with Crippen LogP contribution in [0.25, 0.3) is 0 Å². The summed E-state index contributed by atoms with van der Waals surface area (Å²) in [4.78, 5) is 28.9. The summed E-state index contributed by atoms with van der Waals surface area (Å²) in [5.41, 5.74) is 2.80. The fourth-order valence-corrected chi connectivity index (χ4v) is 5.86. The van der Waals surface area contributed by atoms with Gasteiger partial charge in [0.1, 0.15) is 0 Å². The molecule has 170 valence electrons. The van der Waals surface area contributed by atoms with Crippen molar-refractivity contribution in [3.8, 4) is 6.07 Å². The molecule has 0 radical (unpaired) electrons. The quantitative estimate of drug-likeness (QED) is 0.638. The molecule has 2 aliphatic heterocycles. The summed E-state index contributed by atoms with van der Waals surface area (Å²) in [5, 5.41) is 12.3. The first kappa shape index (κ1) is 21.9. The van der Waals surface area contributed by atoms with Crippen LogP contribution in [0.5, 0.6) is 0 Å². The maximum absolute atomic E-state index is 13.6. The van der Waals surface area contributed by atoms with Crippen LogP contribution in [0.4, 0.5) is 0 Å². The van der Waals surface area contributed by atoms with Gasteiger partial charge in [0.15, 0.2) is 0 Å². The van der Waals surface area contributed by atoms with Gasteiger partial charge in [-0.2, -0.15) is 5.26 Å². The Labute approximate surface area is 200 Å². The van der Waals surface area contributed by atoms with Crippen LogP contribution in [0, 0.1) is 17.2 Å². The first-order valence-electron chi connectivity index (χ1n) is 11.7. The van der Waals surface area contributed by atoms with E-state index in [1.54, 1.807) is 24.3 Å². The summed E-state index contributed by atoms with van der Waals surface area (Å²) >= 11 is 0. The van der Waals surface area contributed by atoms with E-state index in [0.717, 1.165) is 11.1 Å². The summed E-state index contributed by atoms with van der Waals surface area (Å²) in [6.45, 7) is 0.424. The Balaban J connectivity index is 1.59. The molecule has 1 aliphatic carbocycles. The van der Waals surface area contributed by atoms with Gasteiger partial charge < -0.3 is 10.2 Å². The molecule has 5 nitrogen and oxygen atoms in total. The van der Waals surface area contributed by atoms with Gasteiger partial charge in [-0.15, -0.1) is 0 Å². The fourth-order valence-electron chi connectivity index (χ4n) is 5.86. The Kier molecular flexibility index (Phi) is 5.67. The van der Waals surface area contributed by atoms with Crippen molar-refractivity contribution in [2.45, 2.75) is 30.2 Å². The Morgan fingerprint density at radius 2 is 1.44 bits per heavy atom. The van der Waals surface area contributed by atoms with Gasteiger partial charge in [-0.05, 0) is 60.1 Å². The van der Waals surface area contributed by atoms with Crippen molar-refractivity contribution in [1.82, 2.24) is 10.2 Å². The van der Waals surface area contributed by atoms with Crippen molar-refractivity contribution < 1.29 is 9.59 Å². The van der Waals surface area contributed by atoms with Gasteiger partial charge in [0.05, 0.1) is 23.1 Å². The zero-order valence-corrected chi connectivity index (χ0v) is 19.1. The summed E-state index contributed by atoms with van der Waals surface area (Å²) < 4.78 is 0. The minimum atomic E-state index is -0.533. The maximum atomic E-state index is 13.6. The number of carbonyl (C=O) groups excluding carboxylic acids is 2. The van der Waals surface area contributed by atoms with E-state index in [0.29, 0.717) is 30.5 Å². The SMILES string of the molecule is CN(C(=O)c1ccc(C#N)cc1)C12CNC(=O)C(C(c3ccccc3)C1)C(c1ccccc1)C2. The molecule has 2 heterocycles. The molecule has 5 heteroatoms. The lowest BCUT2D eigenvalue weighted by Crippen LogP contribution is -2.57. The van der Waals surface area contributed by atoms with E-state index in [9.17, 15) is 9.59 Å². The van der Waals surface area contributed by atoms with Crippen molar-refractivity contribution >= 4 is 11.8 Å². The average Bonchev–Trinajstić information content (AvgIpc) is 3.15. The molecule has 34 heavy (non-hydrogen) atoms. The zero-order valence-electron chi connectivity index (χ0n) is 19.1. The van der Waals surface area contributed by atoms with E-state index < -0.39 is 5.54 Å². The topological polar surface area (TPSA) is 73.2 Å². The highest BCUT2D eigenvalue weighted by atomic mass is 16.2. The lowest BCUT2D eigenvalue weighted by molar-refractivity contribution is -0.125. The molecule has 3 fully saturated rings. The predicted octanol–water partition coefficient (Wildman–Crippen LogP) is 4.48. The van der Waals surface area contributed by atoms with E-state index in [4.69, 9.17) is 5.26 Å². The van der Waals surface area contributed by atoms with Crippen LogP contribution in [-0.4, -0.2) is 35.8 Å². The zero-order chi connectivity index (χ0) is 23.7. The van der Waals surface area contributed by atoms with Crippen LogP contribution < -0.4 is 5.32 Å². The maximum Gasteiger partial charge on any atom is 0.254 e. The Morgan fingerprint density at radius 3 is 1.94 bits per heavy atom. The standard InChI is InChI=1S/C29H27N3O2/c1-32(28(34)23-14-12-20(18-30)13-15-23)29-16-24(21-8-4-2-5-9-21)26(27(33)31-19-29)25(17-29)22-10-6-3-7-11-22/h2-15,24-26H,16-17,19H2,1H3,(H,31,33). The monoisotopic (exact) mass is 449 g/mol. The van der Waals surface area contributed by atoms with Crippen LogP contribution in [-0.2, 0) is 4.79 Å². The van der Waals surface area contributed by atoms with Gasteiger partial charge in [-0.25, -0.2) is 0 Å². The van der Waals surface area contributed by atoms with Crippen molar-refractivity contribution in [3.63, 3.8) is 0 Å². The van der Waals surface area contributed by atoms with Gasteiger partial charge in [0.25, 0.3) is 5.91 Å². The first-order chi connectivity index (χ1) is 16.5. The third kappa shape index (κ3) is 3.76. The number of carbonyl (C=O) groups is 2. The van der Waals surface area contributed by atoms with Gasteiger partial charge in [0.2, 0.25) is 5.91 Å². The molecule has 2 unspecified atom stereocenters. The fraction of sp³-hybridized carbons (Fsp3) is 0.276. The third-order valence-corrected chi connectivity index (χ3v) is 7.69. The van der Waals surface area contributed by atoms with E-state index in [1.807, 2.05) is 48.3 Å². The molecule has 0 spiro atoms. The highest BCUT2D eigenvalue weighted by molar-refractivity contribution is 5.95. The molecule has 2 amide bonds. The highest BCUT2D eigenvalue weighted by Crippen LogP contribution is 2.53. The molecule has 1 N–H and O–H groups in total. The molecule has 2 saturated heterocycles. The number of benzene rings is 3. The largest absolute Gasteiger partial charge is 0.353 e. The highest BCUT2D eigenvalue weighted by Gasteiger charge is 2.55. The van der Waals surface area contributed by atoms with Crippen LogP contribution in [0.1, 0.15) is 51.7 Å². The minimum absolute atomic E-state index is 0.00105. The van der Waals surface area contributed by atoms with Crippen LogP contribution >= 0.6 is 0 Å². The number of nitrogens with zero attached hydrogens (tertiary/aromatic N) is 2. The summed E-state index contributed by atoms with van der Waals surface area (Å²) in [7, 11) is 1.85. The molecule has 3 aromatic carbocycles. The van der Waals surface area contributed by atoms with E-state index in [2.05, 4.69) is 35.7 Å². The molecule has 6 rings (SSSR count). The van der Waals surface area contributed by atoms with Gasteiger partial charge in [0, 0.05) is 19.2 Å². The summed E-state index contributed by atoms with van der Waals surface area (Å²) in [6, 6.07) is 29.3. The number of hydrogen-bond donors (Lipinski definition) is 1. The van der Waals surface area contributed by atoms with E-state index in [-0.39, 0.29) is 29.6 Å². The lowest BCUT2D eigenvalue weighted by atomic mass is 9.61. The van der Waals surface area contributed by atoms with Crippen LogP contribution in [0.15, 0.2) is 84.9 Å². The molecule has 3 aliphatic rings. The van der Waals surface area contributed by atoms with Crippen molar-refractivity contribution in [2.75, 3.05) is 13.6 Å². The number of nitriles is 1. The Bertz CT molecular complexity index is 1180. The van der Waals surface area contributed by atoms with Crippen molar-refractivity contribution in [2.24, 2.45) is 5.92 Å². The molecular formula is C29H27N3O2. The number of nitrogens with one attached hydrogen (secondary N) is 1. The number of amides is 2. The lowest BCUT2D eigenvalue weighted by Gasteiger charge is -2.49. The number of hydrogen-bond acceptors (Lipinski definition) is 3. The third-order valence-electron chi connectivity index (χ3n) is 7.69. The minimum Gasteiger partial charge on any atom is -0.353 e. The molecule has 2 atom stereocenters. The summed E-state index contributed by atoms with van der Waals surface area (Å²) in [5.74, 6) is -0.240. The average molecular weight is 450 g/mol. The number of rotatable bonds is 4. The van der Waals surface area contributed by atoms with Crippen LogP contribution in [0.3, 0.4) is 0 Å². The van der Waals surface area contributed by atoms with Crippen LogP contribution in [0.2, 0.25) is 0 Å². The summed E-state index contributed by atoms with van der Waals surface area (Å²) in [6.07, 6.45) is 1.42. The Morgan fingerprint density at radius 1 is 0.912 bits per heavy atom. The molecular weight excluding hydrogens is 422 g/mol. The molecule has 3 aromatic rings. The number of likely N-dealkylation sites (N-methyl/N-ethyl adjacent to an activating group) is 1.